The molecule has 4 N–H and O–H groups in total. The predicted molar refractivity (Wildman–Crippen MR) is 77.4 cm³/mol. The summed E-state index contributed by atoms with van der Waals surface area (Å²) in [5, 5.41) is 13.8. The topological polar surface area (TPSA) is 110 Å². The Morgan fingerprint density at radius 3 is 2.45 bits per heavy atom. The van der Waals surface area contributed by atoms with Crippen molar-refractivity contribution in [1.82, 2.24) is 5.32 Å². The molecule has 0 fully saturated rings. The number of nitrogens with one attached hydrogen (secondary N) is 2. The van der Waals surface area contributed by atoms with Crippen LogP contribution < -0.4 is 16.6 Å². The third kappa shape index (κ3) is 3.45. The Morgan fingerprint density at radius 1 is 1.40 bits per heavy atom. The lowest BCUT2D eigenvalue weighted by molar-refractivity contribution is -0.385. The number of amides is 1. The van der Waals surface area contributed by atoms with Crippen LogP contribution in [0.1, 0.15) is 44.0 Å². The van der Waals surface area contributed by atoms with Gasteiger partial charge in [-0.15, -0.1) is 0 Å². The Bertz CT molecular complexity index is 512. The van der Waals surface area contributed by atoms with E-state index >= 15 is 0 Å². The van der Waals surface area contributed by atoms with E-state index in [9.17, 15) is 14.9 Å². The van der Waals surface area contributed by atoms with Crippen LogP contribution in [0.25, 0.3) is 0 Å². The number of hydrogen-bond acceptors (Lipinski definition) is 5. The molecule has 0 saturated carbocycles. The van der Waals surface area contributed by atoms with Crippen LogP contribution in [-0.4, -0.2) is 16.4 Å². The van der Waals surface area contributed by atoms with Crippen molar-refractivity contribution in [2.24, 2.45) is 5.84 Å². The van der Waals surface area contributed by atoms with E-state index in [1.807, 2.05) is 20.8 Å². The summed E-state index contributed by atoms with van der Waals surface area (Å²) in [7, 11) is 0. The van der Waals surface area contributed by atoms with Crippen LogP contribution >= 0.6 is 0 Å². The summed E-state index contributed by atoms with van der Waals surface area (Å²) in [4.78, 5) is 22.7. The average molecular weight is 280 g/mol. The highest BCUT2D eigenvalue weighted by molar-refractivity contribution is 5.99. The molecule has 0 aliphatic heterocycles. The molecular weight excluding hydrogens is 260 g/mol. The molecule has 0 atom stereocenters. The predicted octanol–water partition coefficient (Wildman–Crippen LogP) is 2.19. The van der Waals surface area contributed by atoms with Crippen molar-refractivity contribution in [1.29, 1.82) is 0 Å². The molecule has 0 saturated heterocycles. The monoisotopic (exact) mass is 280 g/mol. The summed E-state index contributed by atoms with van der Waals surface area (Å²) in [6, 6.07) is 4.09. The first kappa shape index (κ1) is 15.9. The van der Waals surface area contributed by atoms with Gasteiger partial charge in [0.15, 0.2) is 0 Å². The van der Waals surface area contributed by atoms with E-state index in [1.165, 1.54) is 18.2 Å². The first-order chi connectivity index (χ1) is 9.36. The lowest BCUT2D eigenvalue weighted by Crippen LogP contribution is -2.45. The zero-order valence-electron chi connectivity index (χ0n) is 11.9. The number of benzene rings is 1. The number of rotatable bonds is 6. The fourth-order valence-electron chi connectivity index (χ4n) is 1.74. The second kappa shape index (κ2) is 6.33. The molecule has 1 aromatic rings. The fourth-order valence-corrected chi connectivity index (χ4v) is 1.74. The molecule has 7 nitrogen and oxygen atoms in total. The highest BCUT2D eigenvalue weighted by atomic mass is 16.6. The summed E-state index contributed by atoms with van der Waals surface area (Å²) < 4.78 is 0. The molecule has 0 unspecified atom stereocenters. The average Bonchev–Trinajstić information content (AvgIpc) is 2.46. The van der Waals surface area contributed by atoms with Gasteiger partial charge in [-0.25, -0.2) is 0 Å². The SMILES string of the molecule is CCC(C)(CC)NC(=O)c1cc(NN)ccc1[N+](=O)[O-]. The van der Waals surface area contributed by atoms with E-state index in [4.69, 9.17) is 5.84 Å². The minimum absolute atomic E-state index is 0.00132. The van der Waals surface area contributed by atoms with Gasteiger partial charge < -0.3 is 10.7 Å². The Labute approximate surface area is 117 Å². The van der Waals surface area contributed by atoms with E-state index in [0.29, 0.717) is 5.69 Å². The van der Waals surface area contributed by atoms with Gasteiger partial charge in [0.2, 0.25) is 0 Å². The molecule has 0 aliphatic carbocycles. The standard InChI is InChI=1S/C13H20N4O3/c1-4-13(3,5-2)15-12(18)10-8-9(16-14)6-7-11(10)17(19)20/h6-8,16H,4-5,14H2,1-3H3,(H,15,18). The second-order valence-electron chi connectivity index (χ2n) is 4.86. The van der Waals surface area contributed by atoms with Gasteiger partial charge in [-0.2, -0.15) is 0 Å². The summed E-state index contributed by atoms with van der Waals surface area (Å²) >= 11 is 0. The third-order valence-corrected chi connectivity index (χ3v) is 3.58. The molecule has 1 rings (SSSR count). The molecule has 1 aromatic carbocycles. The van der Waals surface area contributed by atoms with Gasteiger partial charge in [0.25, 0.3) is 11.6 Å². The molecule has 0 spiro atoms. The van der Waals surface area contributed by atoms with Crippen LogP contribution in [0.3, 0.4) is 0 Å². The smallest absolute Gasteiger partial charge is 0.282 e. The highest BCUT2D eigenvalue weighted by Gasteiger charge is 2.27. The lowest BCUT2D eigenvalue weighted by Gasteiger charge is -2.28. The second-order valence-corrected chi connectivity index (χ2v) is 4.86. The molecule has 20 heavy (non-hydrogen) atoms. The largest absolute Gasteiger partial charge is 0.347 e. The van der Waals surface area contributed by atoms with Gasteiger partial charge in [-0.05, 0) is 31.9 Å². The maximum absolute atomic E-state index is 12.3. The van der Waals surface area contributed by atoms with Crippen molar-refractivity contribution in [2.45, 2.75) is 39.2 Å². The fraction of sp³-hybridized carbons (Fsp3) is 0.462. The van der Waals surface area contributed by atoms with Crippen LogP contribution in [0, 0.1) is 10.1 Å². The maximum Gasteiger partial charge on any atom is 0.282 e. The number of anilines is 1. The van der Waals surface area contributed by atoms with E-state index in [1.54, 1.807) is 0 Å². The quantitative estimate of drug-likeness (QED) is 0.420. The Kier molecular flexibility index (Phi) is 5.04. The number of nitrogens with two attached hydrogens (primary N) is 1. The zero-order chi connectivity index (χ0) is 15.3. The number of nitrogen functional groups attached to an aromatic ring is 1. The number of nitrogens with zero attached hydrogens (tertiary/aromatic N) is 1. The number of hydrogen-bond donors (Lipinski definition) is 3. The summed E-state index contributed by atoms with van der Waals surface area (Å²) in [5.41, 5.74) is 2.18. The van der Waals surface area contributed by atoms with Gasteiger partial charge in [0, 0.05) is 17.3 Å². The Morgan fingerprint density at radius 2 is 2.00 bits per heavy atom. The molecule has 0 aromatic heterocycles. The minimum atomic E-state index is -0.579. The van der Waals surface area contributed by atoms with Crippen molar-refractivity contribution in [3.63, 3.8) is 0 Å². The molecule has 110 valence electrons. The highest BCUT2D eigenvalue weighted by Crippen LogP contribution is 2.24. The molecule has 0 bridgehead atoms. The molecule has 0 heterocycles. The first-order valence-electron chi connectivity index (χ1n) is 6.44. The normalized spacial score (nSPS) is 11.0. The van der Waals surface area contributed by atoms with Crippen LogP contribution in [0.5, 0.6) is 0 Å². The van der Waals surface area contributed by atoms with Crippen molar-refractivity contribution in [2.75, 3.05) is 5.43 Å². The summed E-state index contributed by atoms with van der Waals surface area (Å²) in [6.07, 6.45) is 1.47. The van der Waals surface area contributed by atoms with Gasteiger partial charge in [0.05, 0.1) is 4.92 Å². The van der Waals surface area contributed by atoms with E-state index < -0.39 is 16.4 Å². The molecule has 7 heteroatoms. The summed E-state index contributed by atoms with van der Waals surface area (Å²) in [6.45, 7) is 5.81. The minimum Gasteiger partial charge on any atom is -0.347 e. The molecule has 0 radical (unpaired) electrons. The van der Waals surface area contributed by atoms with E-state index in [0.717, 1.165) is 12.8 Å². The van der Waals surface area contributed by atoms with Gasteiger partial charge in [0.1, 0.15) is 5.56 Å². The number of nitro groups is 1. The van der Waals surface area contributed by atoms with Gasteiger partial charge in [-0.3, -0.25) is 20.8 Å². The van der Waals surface area contributed by atoms with Gasteiger partial charge >= 0.3 is 0 Å². The number of carbonyl (C=O) groups is 1. The molecule has 1 amide bonds. The number of carbonyl (C=O) groups excluding carboxylic acids is 1. The maximum atomic E-state index is 12.3. The van der Waals surface area contributed by atoms with Crippen LogP contribution in [0.4, 0.5) is 11.4 Å². The summed E-state index contributed by atoms with van der Waals surface area (Å²) in [5.74, 6) is 4.80. The van der Waals surface area contributed by atoms with E-state index in [-0.39, 0.29) is 11.3 Å². The number of hydrazine groups is 1. The Hall–Kier alpha value is -2.15. The number of nitro benzene ring substituents is 1. The van der Waals surface area contributed by atoms with Crippen molar-refractivity contribution in [3.05, 3.63) is 33.9 Å². The van der Waals surface area contributed by atoms with Gasteiger partial charge in [-0.1, -0.05) is 13.8 Å². The third-order valence-electron chi connectivity index (χ3n) is 3.58. The van der Waals surface area contributed by atoms with Crippen LogP contribution in [0.15, 0.2) is 18.2 Å². The Balaban J connectivity index is 3.16. The van der Waals surface area contributed by atoms with E-state index in [2.05, 4.69) is 10.7 Å². The van der Waals surface area contributed by atoms with Crippen molar-refractivity contribution in [3.8, 4) is 0 Å². The molecular formula is C13H20N4O3. The molecule has 0 aliphatic rings. The zero-order valence-corrected chi connectivity index (χ0v) is 11.9. The van der Waals surface area contributed by atoms with Crippen molar-refractivity contribution < 1.29 is 9.72 Å². The van der Waals surface area contributed by atoms with Crippen LogP contribution in [0.2, 0.25) is 0 Å². The lowest BCUT2D eigenvalue weighted by atomic mass is 9.95. The van der Waals surface area contributed by atoms with Crippen molar-refractivity contribution >= 4 is 17.3 Å². The van der Waals surface area contributed by atoms with Crippen LogP contribution in [-0.2, 0) is 0 Å². The first-order valence-corrected chi connectivity index (χ1v) is 6.44.